The number of Topliss-reactive ketones (excluding diaryl/α,β-unsaturated/α-hetero) is 1. The molecule has 5 rings (SSSR count). The van der Waals surface area contributed by atoms with Crippen LogP contribution in [0.5, 0.6) is 0 Å². The number of carbonyl (C=O) groups excluding carboxylic acids is 2. The number of hydrogen-bond acceptors (Lipinski definition) is 5. The van der Waals surface area contributed by atoms with Crippen LogP contribution in [0.25, 0.3) is 26.4 Å². The molecule has 1 unspecified atom stereocenters. The van der Waals surface area contributed by atoms with Crippen molar-refractivity contribution in [1.82, 2.24) is 24.5 Å². The van der Waals surface area contributed by atoms with Crippen molar-refractivity contribution in [1.29, 1.82) is 0 Å². The second-order valence-electron chi connectivity index (χ2n) is 8.18. The monoisotopic (exact) mass is 457 g/mol. The second-order valence-corrected chi connectivity index (χ2v) is 9.19. The summed E-state index contributed by atoms with van der Waals surface area (Å²) in [5.41, 5.74) is 4.16. The van der Waals surface area contributed by atoms with Crippen LogP contribution in [0.1, 0.15) is 34.1 Å². The van der Waals surface area contributed by atoms with Crippen LogP contribution in [0.3, 0.4) is 0 Å². The second kappa shape index (κ2) is 8.63. The quantitative estimate of drug-likeness (QED) is 0.360. The maximum absolute atomic E-state index is 12.8. The number of carbonyl (C=O) groups is 2. The van der Waals surface area contributed by atoms with E-state index in [4.69, 9.17) is 4.98 Å². The van der Waals surface area contributed by atoms with Gasteiger partial charge in [0.1, 0.15) is 0 Å². The highest BCUT2D eigenvalue weighted by atomic mass is 32.1. The molecule has 1 N–H and O–H groups in total. The van der Waals surface area contributed by atoms with Crippen molar-refractivity contribution >= 4 is 38.2 Å². The Balaban J connectivity index is 1.36. The molecule has 2 aromatic carbocycles. The number of aromatic nitrogens is 4. The van der Waals surface area contributed by atoms with Crippen LogP contribution in [-0.4, -0.2) is 37.9 Å². The van der Waals surface area contributed by atoms with Crippen LogP contribution in [-0.2, 0) is 6.54 Å². The maximum Gasteiger partial charge on any atom is 0.251 e. The number of thiazole rings is 1. The minimum absolute atomic E-state index is 0.112. The summed E-state index contributed by atoms with van der Waals surface area (Å²) in [5.74, 6) is 0.227. The third-order valence-electron chi connectivity index (χ3n) is 5.68. The molecule has 1 amide bonds. The SMILES string of the molecule is CNC(=O)c1ccc(-c2cn3c(n2)sc2cc(C(=O)CC(C)Cn4cccn4)ccc23)cc1. The van der Waals surface area contributed by atoms with Crippen molar-refractivity contribution in [2.24, 2.45) is 5.92 Å². The molecular formula is C25H23N5O2S. The summed E-state index contributed by atoms with van der Waals surface area (Å²) in [6.45, 7) is 2.79. The van der Waals surface area contributed by atoms with Crippen molar-refractivity contribution in [2.75, 3.05) is 7.05 Å². The standard InChI is InChI=1S/C25H23N5O2S/c1-16(14-29-11-3-10-27-29)12-22(31)19-8-9-21-23(13-19)33-25-28-20(15-30(21)25)17-4-6-18(7-5-17)24(32)26-2/h3-11,13,15-16H,12,14H2,1-2H3,(H,26,32). The smallest absolute Gasteiger partial charge is 0.251 e. The molecule has 8 heteroatoms. The highest BCUT2D eigenvalue weighted by Crippen LogP contribution is 2.30. The van der Waals surface area contributed by atoms with E-state index in [0.717, 1.165) is 38.5 Å². The van der Waals surface area contributed by atoms with Gasteiger partial charge in [0.05, 0.1) is 15.9 Å². The molecule has 0 fully saturated rings. The Kier molecular flexibility index (Phi) is 5.51. The molecule has 0 saturated carbocycles. The van der Waals surface area contributed by atoms with Gasteiger partial charge in [-0.2, -0.15) is 5.10 Å². The Labute approximate surface area is 194 Å². The van der Waals surface area contributed by atoms with E-state index in [-0.39, 0.29) is 17.6 Å². The van der Waals surface area contributed by atoms with E-state index >= 15 is 0 Å². The Morgan fingerprint density at radius 3 is 2.64 bits per heavy atom. The van der Waals surface area contributed by atoms with Gasteiger partial charge in [0, 0.05) is 55.3 Å². The van der Waals surface area contributed by atoms with Crippen molar-refractivity contribution in [3.05, 3.63) is 78.2 Å². The van der Waals surface area contributed by atoms with Gasteiger partial charge in [-0.05, 0) is 42.3 Å². The van der Waals surface area contributed by atoms with E-state index in [9.17, 15) is 9.59 Å². The van der Waals surface area contributed by atoms with E-state index in [0.29, 0.717) is 12.0 Å². The lowest BCUT2D eigenvalue weighted by Gasteiger charge is -2.10. The van der Waals surface area contributed by atoms with Gasteiger partial charge in [-0.25, -0.2) is 4.98 Å². The van der Waals surface area contributed by atoms with Gasteiger partial charge in [-0.1, -0.05) is 30.4 Å². The maximum atomic E-state index is 12.8. The first-order valence-corrected chi connectivity index (χ1v) is 11.6. The largest absolute Gasteiger partial charge is 0.355 e. The van der Waals surface area contributed by atoms with Crippen molar-refractivity contribution in [2.45, 2.75) is 19.9 Å². The van der Waals surface area contributed by atoms with Gasteiger partial charge < -0.3 is 5.32 Å². The minimum Gasteiger partial charge on any atom is -0.355 e. The molecule has 5 aromatic rings. The molecule has 0 saturated heterocycles. The average molecular weight is 458 g/mol. The van der Waals surface area contributed by atoms with E-state index in [1.807, 2.05) is 53.5 Å². The lowest BCUT2D eigenvalue weighted by Crippen LogP contribution is -2.17. The first-order chi connectivity index (χ1) is 16.0. The van der Waals surface area contributed by atoms with Crippen LogP contribution in [0.15, 0.2) is 67.1 Å². The molecule has 7 nitrogen and oxygen atoms in total. The molecule has 1 atom stereocenters. The van der Waals surface area contributed by atoms with Crippen LogP contribution in [0.4, 0.5) is 0 Å². The molecule has 0 aliphatic heterocycles. The number of amides is 1. The van der Waals surface area contributed by atoms with Crippen molar-refractivity contribution in [3.63, 3.8) is 0 Å². The van der Waals surface area contributed by atoms with Crippen LogP contribution >= 0.6 is 11.3 Å². The average Bonchev–Trinajstić information content (AvgIpc) is 3.54. The third kappa shape index (κ3) is 4.17. The number of benzene rings is 2. The summed E-state index contributed by atoms with van der Waals surface area (Å²) in [4.78, 5) is 30.2. The number of ketones is 1. The Morgan fingerprint density at radius 2 is 1.91 bits per heavy atom. The Bertz CT molecular complexity index is 1450. The van der Waals surface area contributed by atoms with E-state index in [2.05, 4.69) is 21.7 Å². The highest BCUT2D eigenvalue weighted by molar-refractivity contribution is 7.23. The Morgan fingerprint density at radius 1 is 1.12 bits per heavy atom. The van der Waals surface area contributed by atoms with Crippen LogP contribution < -0.4 is 5.32 Å². The summed E-state index contributed by atoms with van der Waals surface area (Å²) >= 11 is 1.56. The zero-order valence-corrected chi connectivity index (χ0v) is 19.2. The molecule has 0 aliphatic rings. The lowest BCUT2D eigenvalue weighted by molar-refractivity contribution is 0.0953. The van der Waals surface area contributed by atoms with Gasteiger partial charge in [0.15, 0.2) is 10.7 Å². The fraction of sp³-hybridized carbons (Fsp3) is 0.200. The number of nitrogens with one attached hydrogen (secondary N) is 1. The van der Waals surface area contributed by atoms with Crippen molar-refractivity contribution in [3.8, 4) is 11.3 Å². The minimum atomic E-state index is -0.112. The molecule has 0 bridgehead atoms. The summed E-state index contributed by atoms with van der Waals surface area (Å²) in [5, 5.41) is 6.85. The highest BCUT2D eigenvalue weighted by Gasteiger charge is 2.16. The number of fused-ring (bicyclic) bond motifs is 3. The first-order valence-electron chi connectivity index (χ1n) is 10.8. The van der Waals surface area contributed by atoms with Gasteiger partial charge >= 0.3 is 0 Å². The van der Waals surface area contributed by atoms with E-state index < -0.39 is 0 Å². The number of rotatable bonds is 7. The molecule has 33 heavy (non-hydrogen) atoms. The van der Waals surface area contributed by atoms with Crippen LogP contribution in [0, 0.1) is 5.92 Å². The lowest BCUT2D eigenvalue weighted by atomic mass is 9.99. The van der Waals surface area contributed by atoms with Crippen molar-refractivity contribution < 1.29 is 9.59 Å². The molecule has 3 heterocycles. The van der Waals surface area contributed by atoms with Gasteiger partial charge in [-0.3, -0.25) is 18.7 Å². The van der Waals surface area contributed by atoms with E-state index in [1.54, 1.807) is 36.7 Å². The summed E-state index contributed by atoms with van der Waals surface area (Å²) in [6.07, 6.45) is 6.14. The first kappa shape index (κ1) is 21.1. The summed E-state index contributed by atoms with van der Waals surface area (Å²) in [7, 11) is 1.62. The zero-order valence-electron chi connectivity index (χ0n) is 18.4. The topological polar surface area (TPSA) is 81.3 Å². The fourth-order valence-electron chi connectivity index (χ4n) is 3.98. The number of nitrogens with zero attached hydrogens (tertiary/aromatic N) is 4. The predicted octanol–water partition coefficient (Wildman–Crippen LogP) is 4.68. The summed E-state index contributed by atoms with van der Waals surface area (Å²) < 4.78 is 4.94. The van der Waals surface area contributed by atoms with E-state index in [1.165, 1.54) is 0 Å². The summed E-state index contributed by atoms with van der Waals surface area (Å²) in [6, 6.07) is 15.1. The van der Waals surface area contributed by atoms with Gasteiger partial charge in [-0.15, -0.1) is 0 Å². The predicted molar refractivity (Wildman–Crippen MR) is 130 cm³/mol. The number of hydrogen-bond donors (Lipinski definition) is 1. The third-order valence-corrected chi connectivity index (χ3v) is 6.70. The fourth-order valence-corrected chi connectivity index (χ4v) is 5.02. The molecule has 0 spiro atoms. The Hall–Kier alpha value is -3.78. The molecular weight excluding hydrogens is 434 g/mol. The number of imidazole rings is 1. The molecule has 3 aromatic heterocycles. The normalized spacial score (nSPS) is 12.3. The molecule has 0 radical (unpaired) electrons. The molecule has 166 valence electrons. The van der Waals surface area contributed by atoms with Gasteiger partial charge in [0.2, 0.25) is 0 Å². The van der Waals surface area contributed by atoms with Gasteiger partial charge in [0.25, 0.3) is 5.91 Å². The molecule has 0 aliphatic carbocycles. The zero-order chi connectivity index (χ0) is 22.9. The van der Waals surface area contributed by atoms with Crippen LogP contribution in [0.2, 0.25) is 0 Å².